The van der Waals surface area contributed by atoms with Crippen molar-refractivity contribution in [2.45, 2.75) is 4.83 Å². The van der Waals surface area contributed by atoms with E-state index >= 15 is 0 Å². The molecule has 0 saturated heterocycles. The summed E-state index contributed by atoms with van der Waals surface area (Å²) in [6, 6.07) is 6.05. The van der Waals surface area contributed by atoms with Crippen LogP contribution in [0, 0.1) is 10.4 Å². The molecule has 0 radical (unpaired) electrons. The first-order valence-electron chi connectivity index (χ1n) is 4.48. The molecular weight excluding hydrogens is 359 g/mol. The van der Waals surface area contributed by atoms with Crippen LogP contribution >= 0.6 is 43.5 Å². The summed E-state index contributed by atoms with van der Waals surface area (Å²) in [6.45, 7) is 0. The largest absolute Gasteiger partial charge is 0.343 e. The van der Waals surface area contributed by atoms with Gasteiger partial charge in [0, 0.05) is 15.6 Å². The lowest BCUT2D eigenvalue weighted by atomic mass is 10.1. The quantitative estimate of drug-likeness (QED) is 0.647. The minimum atomic E-state index is 0.149. The third-order valence-corrected chi connectivity index (χ3v) is 4.64. The average Bonchev–Trinajstić information content (AvgIpc) is 2.78. The van der Waals surface area contributed by atoms with Crippen LogP contribution in [0.25, 0.3) is 0 Å². The fourth-order valence-electron chi connectivity index (χ4n) is 1.13. The summed E-state index contributed by atoms with van der Waals surface area (Å²) >= 11 is 12.2. The Balaban J connectivity index is 0.000000123. The average molecular weight is 366 g/mol. The smallest absolute Gasteiger partial charge is 0.213 e. The number of benzene rings is 1. The number of hydrogen-bond donors (Lipinski definition) is 0. The molecule has 0 aliphatic heterocycles. The van der Waals surface area contributed by atoms with Crippen molar-refractivity contribution in [3.8, 4) is 0 Å². The molecule has 0 spiro atoms. The van der Waals surface area contributed by atoms with Crippen LogP contribution in [0.4, 0.5) is 0 Å². The van der Waals surface area contributed by atoms with Crippen LogP contribution in [-0.2, 0) is 0 Å². The number of aromatic nitrogens is 2. The molecule has 1 heterocycles. The highest BCUT2D eigenvalue weighted by molar-refractivity contribution is 9.12. The van der Waals surface area contributed by atoms with Crippen molar-refractivity contribution >= 4 is 43.5 Å². The van der Waals surface area contributed by atoms with E-state index in [9.17, 15) is 0 Å². The summed E-state index contributed by atoms with van der Waals surface area (Å²) < 4.78 is 4.53. The molecule has 0 fully saturated rings. The molecule has 3 rings (SSSR count). The van der Waals surface area contributed by atoms with Crippen LogP contribution in [0.5, 0.6) is 0 Å². The maximum atomic E-state index is 5.60. The first kappa shape index (κ1) is 12.1. The van der Waals surface area contributed by atoms with Crippen LogP contribution in [0.15, 0.2) is 29.1 Å². The van der Waals surface area contributed by atoms with E-state index in [1.54, 1.807) is 0 Å². The summed E-state index contributed by atoms with van der Waals surface area (Å²) in [5.74, 6) is 0.673. The number of alkyl halides is 2. The van der Waals surface area contributed by atoms with Gasteiger partial charge >= 0.3 is 0 Å². The lowest BCUT2D eigenvalue weighted by Gasteiger charge is -2.01. The zero-order valence-electron chi connectivity index (χ0n) is 8.03. The summed E-state index contributed by atoms with van der Waals surface area (Å²) in [4.78, 5) is 3.98. The highest BCUT2D eigenvalue weighted by Crippen LogP contribution is 2.20. The minimum Gasteiger partial charge on any atom is -0.343 e. The van der Waals surface area contributed by atoms with Crippen molar-refractivity contribution in [1.82, 2.24) is 10.1 Å². The van der Waals surface area contributed by atoms with Gasteiger partial charge in [-0.15, -0.1) is 0 Å². The Morgan fingerprint density at radius 1 is 1.44 bits per heavy atom. The molecule has 84 valence electrons. The fraction of sp³-hybridized carbons (Fsp3) is 0.200. The first-order chi connectivity index (χ1) is 7.72. The summed E-state index contributed by atoms with van der Waals surface area (Å²) in [6.07, 6.45) is 1.31. The van der Waals surface area contributed by atoms with Gasteiger partial charge in [-0.2, -0.15) is 4.98 Å². The van der Waals surface area contributed by atoms with Crippen LogP contribution < -0.4 is 0 Å². The van der Waals surface area contributed by atoms with Crippen LogP contribution in [0.1, 0.15) is 10.7 Å². The second kappa shape index (κ2) is 5.29. The molecule has 3 nitrogen and oxygen atoms in total. The standard InChI is InChI=1S/C6H3Cl.C4H4Br2N2O/c7-6-3-4-1-2-5(4)6;5-1-3(6)4-7-2-9-8-4/h1-3H;2-3H,1H2. The molecule has 0 aromatic carbocycles. The second-order valence-electron chi connectivity index (χ2n) is 3.11. The molecule has 6 heteroatoms. The third-order valence-electron chi connectivity index (χ3n) is 2.07. The highest BCUT2D eigenvalue weighted by atomic mass is 79.9. The molecule has 0 saturated carbocycles. The van der Waals surface area contributed by atoms with Crippen LogP contribution in [-0.4, -0.2) is 15.5 Å². The number of nitrogens with zero attached hydrogens (tertiary/aromatic N) is 2. The van der Waals surface area contributed by atoms with E-state index in [1.165, 1.54) is 16.8 Å². The Bertz CT molecular complexity index is 559. The van der Waals surface area contributed by atoms with Gasteiger partial charge in [0.15, 0.2) is 5.82 Å². The molecule has 2 aliphatic carbocycles. The molecule has 0 bridgehead atoms. The first-order valence-corrected chi connectivity index (χ1v) is 6.90. The van der Waals surface area contributed by atoms with Crippen molar-refractivity contribution in [3.63, 3.8) is 0 Å². The zero-order valence-corrected chi connectivity index (χ0v) is 12.0. The van der Waals surface area contributed by atoms with Gasteiger partial charge in [0.25, 0.3) is 0 Å². The lowest BCUT2D eigenvalue weighted by Crippen LogP contribution is -1.91. The number of rotatable bonds is 2. The van der Waals surface area contributed by atoms with Gasteiger partial charge in [0.2, 0.25) is 6.39 Å². The van der Waals surface area contributed by atoms with E-state index in [-0.39, 0.29) is 4.83 Å². The molecule has 1 unspecified atom stereocenters. The second-order valence-corrected chi connectivity index (χ2v) is 5.27. The SMILES string of the molecule is BrCC(Br)c1ncon1.Clc1cc2ccc1=2. The van der Waals surface area contributed by atoms with Crippen LogP contribution in [0.3, 0.4) is 0 Å². The van der Waals surface area contributed by atoms with Gasteiger partial charge in [-0.25, -0.2) is 0 Å². The third kappa shape index (κ3) is 2.47. The predicted molar refractivity (Wildman–Crippen MR) is 68.9 cm³/mol. The molecule has 0 N–H and O–H groups in total. The van der Waals surface area contributed by atoms with Crippen molar-refractivity contribution in [2.75, 3.05) is 5.33 Å². The number of hydrogen-bond acceptors (Lipinski definition) is 3. The maximum absolute atomic E-state index is 5.60. The molecule has 1 aromatic rings. The van der Waals surface area contributed by atoms with E-state index in [2.05, 4.69) is 52.6 Å². The number of halogens is 3. The highest BCUT2D eigenvalue weighted by Gasteiger charge is 2.08. The monoisotopic (exact) mass is 364 g/mol. The molecule has 1 aromatic heterocycles. The molecule has 2 aliphatic rings. The maximum Gasteiger partial charge on any atom is 0.213 e. The Labute approximate surface area is 114 Å². The Morgan fingerprint density at radius 2 is 2.25 bits per heavy atom. The topological polar surface area (TPSA) is 38.9 Å². The zero-order chi connectivity index (χ0) is 11.5. The van der Waals surface area contributed by atoms with Gasteiger partial charge in [0.1, 0.15) is 0 Å². The minimum absolute atomic E-state index is 0.149. The summed E-state index contributed by atoms with van der Waals surface area (Å²) in [7, 11) is 0. The summed E-state index contributed by atoms with van der Waals surface area (Å²) in [5, 5.41) is 7.87. The van der Waals surface area contributed by atoms with Gasteiger partial charge in [-0.05, 0) is 11.3 Å². The van der Waals surface area contributed by atoms with Crippen molar-refractivity contribution < 1.29 is 4.52 Å². The van der Waals surface area contributed by atoms with Gasteiger partial charge in [0.05, 0.1) is 4.83 Å². The fourth-order valence-corrected chi connectivity index (χ4v) is 1.91. The molecule has 16 heavy (non-hydrogen) atoms. The van der Waals surface area contributed by atoms with Gasteiger partial charge < -0.3 is 4.52 Å². The van der Waals surface area contributed by atoms with Crippen LogP contribution in [0.2, 0.25) is 5.02 Å². The molecule has 1 atom stereocenters. The predicted octanol–water partition coefficient (Wildman–Crippen LogP) is 3.84. The van der Waals surface area contributed by atoms with E-state index in [4.69, 9.17) is 11.6 Å². The van der Waals surface area contributed by atoms with E-state index in [0.29, 0.717) is 5.82 Å². The molecular formula is C10H7Br2ClN2O. The molecule has 0 amide bonds. The Kier molecular flexibility index (Phi) is 4.00. The van der Waals surface area contributed by atoms with E-state index in [0.717, 1.165) is 10.4 Å². The van der Waals surface area contributed by atoms with E-state index in [1.807, 2.05) is 12.1 Å². The van der Waals surface area contributed by atoms with Crippen molar-refractivity contribution in [1.29, 1.82) is 0 Å². The lowest BCUT2D eigenvalue weighted by molar-refractivity contribution is 0.410. The summed E-state index contributed by atoms with van der Waals surface area (Å²) in [5.41, 5.74) is 0. The van der Waals surface area contributed by atoms with Gasteiger partial charge in [-0.3, -0.25) is 0 Å². The Morgan fingerprint density at radius 3 is 2.50 bits per heavy atom. The van der Waals surface area contributed by atoms with Crippen molar-refractivity contribution in [3.05, 3.63) is 45.9 Å². The Hall–Kier alpha value is -0.390. The van der Waals surface area contributed by atoms with Crippen molar-refractivity contribution in [2.24, 2.45) is 0 Å². The van der Waals surface area contributed by atoms with Gasteiger partial charge in [-0.1, -0.05) is 60.8 Å². The van der Waals surface area contributed by atoms with E-state index < -0.39 is 0 Å². The normalized spacial score (nSPS) is 12.7.